The Morgan fingerprint density at radius 1 is 1.12 bits per heavy atom. The standard InChI is InChI=1S/C15H32N2/c1-13(2)10-15(17(3)4)12-16-11-14-8-6-5-7-9-14/h13-16H,5-12H2,1-4H3. The van der Waals surface area contributed by atoms with E-state index in [-0.39, 0.29) is 0 Å². The Hall–Kier alpha value is -0.0800. The molecule has 2 heteroatoms. The smallest absolute Gasteiger partial charge is 0.0216 e. The fourth-order valence-electron chi connectivity index (χ4n) is 2.87. The summed E-state index contributed by atoms with van der Waals surface area (Å²) in [5, 5.41) is 3.70. The van der Waals surface area contributed by atoms with Crippen molar-refractivity contribution in [2.75, 3.05) is 27.2 Å². The maximum absolute atomic E-state index is 3.70. The molecule has 0 aromatic heterocycles. The van der Waals surface area contributed by atoms with E-state index in [1.54, 1.807) is 0 Å². The monoisotopic (exact) mass is 240 g/mol. The Labute approximate surface area is 108 Å². The van der Waals surface area contributed by atoms with Gasteiger partial charge in [0, 0.05) is 12.6 Å². The zero-order valence-electron chi connectivity index (χ0n) is 12.3. The summed E-state index contributed by atoms with van der Waals surface area (Å²) in [5.41, 5.74) is 0. The summed E-state index contributed by atoms with van der Waals surface area (Å²) in [4.78, 5) is 2.37. The SMILES string of the molecule is CC(C)CC(CNCC1CCCCC1)N(C)C. The third kappa shape index (κ3) is 6.42. The van der Waals surface area contributed by atoms with Gasteiger partial charge in [-0.2, -0.15) is 0 Å². The summed E-state index contributed by atoms with van der Waals surface area (Å²) in [6, 6.07) is 0.693. The third-order valence-electron chi connectivity index (χ3n) is 4.01. The third-order valence-corrected chi connectivity index (χ3v) is 4.01. The fraction of sp³-hybridized carbons (Fsp3) is 1.00. The van der Waals surface area contributed by atoms with E-state index in [4.69, 9.17) is 0 Å². The van der Waals surface area contributed by atoms with Gasteiger partial charge in [0.15, 0.2) is 0 Å². The van der Waals surface area contributed by atoms with Gasteiger partial charge in [0.2, 0.25) is 0 Å². The van der Waals surface area contributed by atoms with Crippen molar-refractivity contribution in [1.29, 1.82) is 0 Å². The minimum Gasteiger partial charge on any atom is -0.315 e. The number of hydrogen-bond acceptors (Lipinski definition) is 2. The van der Waals surface area contributed by atoms with Crippen molar-refractivity contribution in [3.8, 4) is 0 Å². The van der Waals surface area contributed by atoms with Crippen LogP contribution in [0.3, 0.4) is 0 Å². The van der Waals surface area contributed by atoms with E-state index in [1.165, 1.54) is 45.1 Å². The molecule has 0 aromatic carbocycles. The average Bonchev–Trinajstić information content (AvgIpc) is 2.28. The van der Waals surface area contributed by atoms with Crippen LogP contribution >= 0.6 is 0 Å². The number of rotatable bonds is 7. The van der Waals surface area contributed by atoms with Crippen molar-refractivity contribution in [1.82, 2.24) is 10.2 Å². The molecule has 1 saturated carbocycles. The Morgan fingerprint density at radius 3 is 2.29 bits per heavy atom. The molecule has 1 aliphatic rings. The first-order valence-electron chi connectivity index (χ1n) is 7.46. The number of nitrogens with one attached hydrogen (secondary N) is 1. The van der Waals surface area contributed by atoms with Crippen molar-refractivity contribution >= 4 is 0 Å². The van der Waals surface area contributed by atoms with Gasteiger partial charge in [-0.3, -0.25) is 0 Å². The highest BCUT2D eigenvalue weighted by Gasteiger charge is 2.16. The Kier molecular flexibility index (Phi) is 7.14. The van der Waals surface area contributed by atoms with Crippen LogP contribution in [0.25, 0.3) is 0 Å². The maximum Gasteiger partial charge on any atom is 0.0216 e. The van der Waals surface area contributed by atoms with Crippen LogP contribution in [0.2, 0.25) is 0 Å². The van der Waals surface area contributed by atoms with Crippen molar-refractivity contribution in [3.05, 3.63) is 0 Å². The van der Waals surface area contributed by atoms with Crippen LogP contribution < -0.4 is 5.32 Å². The minimum absolute atomic E-state index is 0.693. The number of hydrogen-bond donors (Lipinski definition) is 1. The van der Waals surface area contributed by atoms with Gasteiger partial charge in [-0.15, -0.1) is 0 Å². The van der Waals surface area contributed by atoms with Gasteiger partial charge in [-0.05, 0) is 51.7 Å². The first-order chi connectivity index (χ1) is 8.09. The Morgan fingerprint density at radius 2 is 1.76 bits per heavy atom. The van der Waals surface area contributed by atoms with E-state index in [9.17, 15) is 0 Å². The average molecular weight is 240 g/mol. The molecule has 0 amide bonds. The normalized spacial score (nSPS) is 20.1. The predicted octanol–water partition coefficient (Wildman–Crippen LogP) is 3.13. The van der Waals surface area contributed by atoms with E-state index in [2.05, 4.69) is 38.2 Å². The number of likely N-dealkylation sites (N-methyl/N-ethyl adjacent to an activating group) is 1. The lowest BCUT2D eigenvalue weighted by Crippen LogP contribution is -2.40. The molecule has 0 radical (unpaired) electrons. The van der Waals surface area contributed by atoms with Crippen LogP contribution in [-0.4, -0.2) is 38.1 Å². The van der Waals surface area contributed by atoms with Crippen molar-refractivity contribution in [2.45, 2.75) is 58.4 Å². The van der Waals surface area contributed by atoms with E-state index in [0.29, 0.717) is 6.04 Å². The first-order valence-corrected chi connectivity index (χ1v) is 7.46. The van der Waals surface area contributed by atoms with Gasteiger partial charge < -0.3 is 10.2 Å². The quantitative estimate of drug-likeness (QED) is 0.735. The molecule has 2 nitrogen and oxygen atoms in total. The minimum atomic E-state index is 0.693. The van der Waals surface area contributed by atoms with E-state index in [0.717, 1.165) is 18.4 Å². The second-order valence-electron chi connectivity index (χ2n) is 6.41. The summed E-state index contributed by atoms with van der Waals surface area (Å²) in [6.45, 7) is 7.03. The van der Waals surface area contributed by atoms with Crippen LogP contribution in [0.4, 0.5) is 0 Å². The highest BCUT2D eigenvalue weighted by Crippen LogP contribution is 2.22. The van der Waals surface area contributed by atoms with E-state index >= 15 is 0 Å². The molecule has 1 unspecified atom stereocenters. The van der Waals surface area contributed by atoms with Crippen LogP contribution in [0.1, 0.15) is 52.4 Å². The largest absolute Gasteiger partial charge is 0.315 e. The van der Waals surface area contributed by atoms with Crippen molar-refractivity contribution in [3.63, 3.8) is 0 Å². The Balaban J connectivity index is 2.17. The van der Waals surface area contributed by atoms with Crippen LogP contribution in [-0.2, 0) is 0 Å². The summed E-state index contributed by atoms with van der Waals surface area (Å²) in [6.07, 6.45) is 8.56. The number of nitrogens with zero attached hydrogens (tertiary/aromatic N) is 1. The molecule has 1 atom stereocenters. The fourth-order valence-corrected chi connectivity index (χ4v) is 2.87. The lowest BCUT2D eigenvalue weighted by molar-refractivity contribution is 0.239. The van der Waals surface area contributed by atoms with E-state index in [1.807, 2.05) is 0 Å². The van der Waals surface area contributed by atoms with Crippen molar-refractivity contribution < 1.29 is 0 Å². The molecule has 0 bridgehead atoms. The molecule has 1 N–H and O–H groups in total. The van der Waals surface area contributed by atoms with Gasteiger partial charge in [-0.25, -0.2) is 0 Å². The Bertz CT molecular complexity index is 183. The molecule has 1 rings (SSSR count). The molecule has 0 aliphatic heterocycles. The molecule has 0 saturated heterocycles. The summed E-state index contributed by atoms with van der Waals surface area (Å²) in [5.74, 6) is 1.74. The zero-order chi connectivity index (χ0) is 12.7. The lowest BCUT2D eigenvalue weighted by atomic mass is 9.89. The summed E-state index contributed by atoms with van der Waals surface area (Å²) in [7, 11) is 4.41. The molecule has 1 aliphatic carbocycles. The predicted molar refractivity (Wildman–Crippen MR) is 76.4 cm³/mol. The van der Waals surface area contributed by atoms with Crippen LogP contribution in [0, 0.1) is 11.8 Å². The molecular weight excluding hydrogens is 208 g/mol. The second-order valence-corrected chi connectivity index (χ2v) is 6.41. The second kappa shape index (κ2) is 8.10. The first kappa shape index (κ1) is 15.0. The molecule has 0 spiro atoms. The molecule has 1 fully saturated rings. The van der Waals surface area contributed by atoms with Gasteiger partial charge >= 0.3 is 0 Å². The maximum atomic E-state index is 3.70. The van der Waals surface area contributed by atoms with Gasteiger partial charge in [-0.1, -0.05) is 33.1 Å². The molecule has 17 heavy (non-hydrogen) atoms. The summed E-state index contributed by atoms with van der Waals surface area (Å²) >= 11 is 0. The zero-order valence-corrected chi connectivity index (χ0v) is 12.3. The molecule has 0 heterocycles. The van der Waals surface area contributed by atoms with Gasteiger partial charge in [0.05, 0.1) is 0 Å². The van der Waals surface area contributed by atoms with Crippen molar-refractivity contribution in [2.24, 2.45) is 11.8 Å². The molecular formula is C15H32N2. The van der Waals surface area contributed by atoms with E-state index < -0.39 is 0 Å². The lowest BCUT2D eigenvalue weighted by Gasteiger charge is -2.28. The molecule has 102 valence electrons. The van der Waals surface area contributed by atoms with Crippen LogP contribution in [0.15, 0.2) is 0 Å². The highest BCUT2D eigenvalue weighted by atomic mass is 15.1. The summed E-state index contributed by atoms with van der Waals surface area (Å²) < 4.78 is 0. The van der Waals surface area contributed by atoms with Crippen LogP contribution in [0.5, 0.6) is 0 Å². The van der Waals surface area contributed by atoms with Gasteiger partial charge in [0.1, 0.15) is 0 Å². The topological polar surface area (TPSA) is 15.3 Å². The highest BCUT2D eigenvalue weighted by molar-refractivity contribution is 4.73. The van der Waals surface area contributed by atoms with Gasteiger partial charge in [0.25, 0.3) is 0 Å². The molecule has 0 aromatic rings.